The van der Waals surface area contributed by atoms with Crippen molar-refractivity contribution in [2.75, 3.05) is 6.61 Å². The number of ether oxygens (including phenoxy) is 1. The molecule has 0 amide bonds. The highest BCUT2D eigenvalue weighted by atomic mass is 79.9. The van der Waals surface area contributed by atoms with Gasteiger partial charge in [-0.25, -0.2) is 4.79 Å². The van der Waals surface area contributed by atoms with Crippen LogP contribution in [-0.4, -0.2) is 22.4 Å². The van der Waals surface area contributed by atoms with Gasteiger partial charge >= 0.3 is 5.97 Å². The van der Waals surface area contributed by atoms with E-state index in [1.165, 1.54) is 0 Å². The van der Waals surface area contributed by atoms with Crippen molar-refractivity contribution in [2.45, 2.75) is 26.3 Å². The highest BCUT2D eigenvalue weighted by Gasteiger charge is 2.20. The molecule has 0 aromatic carbocycles. The first-order valence-electron chi connectivity index (χ1n) is 4.55. The molecule has 0 aliphatic carbocycles. The van der Waals surface area contributed by atoms with E-state index in [-0.39, 0.29) is 12.0 Å². The SMILES string of the molecule is CCOC(=O)C(CC)n1cc(Br)cn1. The molecule has 1 atom stereocenters. The molecule has 0 bridgehead atoms. The highest BCUT2D eigenvalue weighted by molar-refractivity contribution is 9.10. The summed E-state index contributed by atoms with van der Waals surface area (Å²) in [5.74, 6) is -0.231. The molecule has 0 fully saturated rings. The van der Waals surface area contributed by atoms with Crippen LogP contribution in [0.5, 0.6) is 0 Å². The van der Waals surface area contributed by atoms with Crippen LogP contribution in [0.15, 0.2) is 16.9 Å². The highest BCUT2D eigenvalue weighted by Crippen LogP contribution is 2.15. The van der Waals surface area contributed by atoms with Crippen molar-refractivity contribution < 1.29 is 9.53 Å². The number of hydrogen-bond donors (Lipinski definition) is 0. The Bertz CT molecular complexity index is 312. The number of nitrogens with zero attached hydrogens (tertiary/aromatic N) is 2. The number of rotatable bonds is 4. The molecule has 0 spiro atoms. The Morgan fingerprint density at radius 3 is 2.86 bits per heavy atom. The quantitative estimate of drug-likeness (QED) is 0.780. The maximum Gasteiger partial charge on any atom is 0.330 e. The molecule has 0 aliphatic heterocycles. The lowest BCUT2D eigenvalue weighted by atomic mass is 10.2. The molecule has 1 aromatic heterocycles. The van der Waals surface area contributed by atoms with Crippen molar-refractivity contribution in [3.05, 3.63) is 16.9 Å². The Hall–Kier alpha value is -0.840. The predicted octanol–water partition coefficient (Wildman–Crippen LogP) is 2.16. The van der Waals surface area contributed by atoms with Crippen LogP contribution in [0.4, 0.5) is 0 Å². The monoisotopic (exact) mass is 260 g/mol. The van der Waals surface area contributed by atoms with Crippen LogP contribution >= 0.6 is 15.9 Å². The van der Waals surface area contributed by atoms with Gasteiger partial charge in [-0.1, -0.05) is 6.92 Å². The van der Waals surface area contributed by atoms with Gasteiger partial charge in [-0.3, -0.25) is 4.68 Å². The zero-order valence-corrected chi connectivity index (χ0v) is 9.82. The molecular formula is C9H13BrN2O2. The first-order valence-corrected chi connectivity index (χ1v) is 5.34. The Kier molecular flexibility index (Phi) is 4.13. The van der Waals surface area contributed by atoms with Crippen LogP contribution in [0.25, 0.3) is 0 Å². The second kappa shape index (κ2) is 5.14. The van der Waals surface area contributed by atoms with Crippen molar-refractivity contribution in [2.24, 2.45) is 0 Å². The zero-order chi connectivity index (χ0) is 10.6. The van der Waals surface area contributed by atoms with E-state index in [1.807, 2.05) is 6.92 Å². The van der Waals surface area contributed by atoms with Gasteiger partial charge in [0.1, 0.15) is 6.04 Å². The van der Waals surface area contributed by atoms with Crippen LogP contribution in [0, 0.1) is 0 Å². The summed E-state index contributed by atoms with van der Waals surface area (Å²) < 4.78 is 7.42. The third-order valence-electron chi connectivity index (χ3n) is 1.83. The van der Waals surface area contributed by atoms with Gasteiger partial charge in [0.15, 0.2) is 0 Å². The Morgan fingerprint density at radius 2 is 2.43 bits per heavy atom. The van der Waals surface area contributed by atoms with E-state index < -0.39 is 0 Å². The molecule has 0 radical (unpaired) electrons. The maximum atomic E-state index is 11.5. The molecule has 0 saturated heterocycles. The molecule has 4 nitrogen and oxygen atoms in total. The summed E-state index contributed by atoms with van der Waals surface area (Å²) in [4.78, 5) is 11.5. The summed E-state index contributed by atoms with van der Waals surface area (Å²) in [5.41, 5.74) is 0. The minimum Gasteiger partial charge on any atom is -0.464 e. The molecule has 5 heteroatoms. The minimum atomic E-state index is -0.318. The number of hydrogen-bond acceptors (Lipinski definition) is 3. The van der Waals surface area contributed by atoms with E-state index in [0.29, 0.717) is 13.0 Å². The first-order chi connectivity index (χ1) is 6.69. The molecule has 1 rings (SSSR count). The summed E-state index contributed by atoms with van der Waals surface area (Å²) in [6.07, 6.45) is 4.10. The molecule has 0 saturated carbocycles. The standard InChI is InChI=1S/C9H13BrN2O2/c1-3-8(9(13)14-4-2)12-6-7(10)5-11-12/h5-6,8H,3-4H2,1-2H3. The third-order valence-corrected chi connectivity index (χ3v) is 2.24. The normalized spacial score (nSPS) is 12.5. The Morgan fingerprint density at radius 1 is 1.71 bits per heavy atom. The van der Waals surface area contributed by atoms with Crippen molar-refractivity contribution in [1.29, 1.82) is 0 Å². The largest absolute Gasteiger partial charge is 0.464 e. The summed E-state index contributed by atoms with van der Waals surface area (Å²) in [5, 5.41) is 4.06. The molecular weight excluding hydrogens is 248 g/mol. The number of carbonyl (C=O) groups is 1. The van der Waals surface area contributed by atoms with E-state index in [0.717, 1.165) is 4.47 Å². The lowest BCUT2D eigenvalue weighted by molar-refractivity contribution is -0.147. The Labute approximate surface area is 91.4 Å². The number of carbonyl (C=O) groups excluding carboxylic acids is 1. The van der Waals surface area contributed by atoms with E-state index in [2.05, 4.69) is 21.0 Å². The van der Waals surface area contributed by atoms with Gasteiger partial charge in [0.2, 0.25) is 0 Å². The average Bonchev–Trinajstić information content (AvgIpc) is 2.54. The van der Waals surface area contributed by atoms with Crippen molar-refractivity contribution in [3.63, 3.8) is 0 Å². The molecule has 14 heavy (non-hydrogen) atoms. The van der Waals surface area contributed by atoms with Crippen molar-refractivity contribution in [1.82, 2.24) is 9.78 Å². The second-order valence-corrected chi connectivity index (χ2v) is 3.73. The van der Waals surface area contributed by atoms with Crippen LogP contribution in [0.1, 0.15) is 26.3 Å². The number of halogens is 1. The fraction of sp³-hybridized carbons (Fsp3) is 0.556. The fourth-order valence-electron chi connectivity index (χ4n) is 1.19. The first kappa shape index (κ1) is 11.2. The van der Waals surface area contributed by atoms with E-state index in [9.17, 15) is 4.79 Å². The molecule has 78 valence electrons. The molecule has 0 aliphatic rings. The minimum absolute atomic E-state index is 0.231. The summed E-state index contributed by atoms with van der Waals surface area (Å²) in [6.45, 7) is 4.12. The molecule has 1 aromatic rings. The summed E-state index contributed by atoms with van der Waals surface area (Å²) in [7, 11) is 0. The molecule has 1 unspecified atom stereocenters. The van der Waals surface area contributed by atoms with Crippen LogP contribution in [0.3, 0.4) is 0 Å². The van der Waals surface area contributed by atoms with Gasteiger partial charge in [-0.15, -0.1) is 0 Å². The van der Waals surface area contributed by atoms with Crippen LogP contribution < -0.4 is 0 Å². The van der Waals surface area contributed by atoms with Crippen molar-refractivity contribution in [3.8, 4) is 0 Å². The van der Waals surface area contributed by atoms with E-state index >= 15 is 0 Å². The topological polar surface area (TPSA) is 44.1 Å². The maximum absolute atomic E-state index is 11.5. The van der Waals surface area contributed by atoms with E-state index in [1.54, 1.807) is 24.0 Å². The van der Waals surface area contributed by atoms with Crippen LogP contribution in [0.2, 0.25) is 0 Å². The van der Waals surface area contributed by atoms with Gasteiger partial charge in [0.25, 0.3) is 0 Å². The summed E-state index contributed by atoms with van der Waals surface area (Å²) in [6, 6.07) is -0.318. The van der Waals surface area contributed by atoms with Crippen molar-refractivity contribution >= 4 is 21.9 Å². The zero-order valence-electron chi connectivity index (χ0n) is 8.24. The Balaban J connectivity index is 2.76. The predicted molar refractivity (Wildman–Crippen MR) is 55.9 cm³/mol. The van der Waals surface area contributed by atoms with Gasteiger partial charge in [0.05, 0.1) is 17.3 Å². The van der Waals surface area contributed by atoms with Gasteiger partial charge in [-0.05, 0) is 29.3 Å². The fourth-order valence-corrected chi connectivity index (χ4v) is 1.49. The summed E-state index contributed by atoms with van der Waals surface area (Å²) >= 11 is 3.28. The number of aromatic nitrogens is 2. The van der Waals surface area contributed by atoms with E-state index in [4.69, 9.17) is 4.74 Å². The van der Waals surface area contributed by atoms with Gasteiger partial charge in [-0.2, -0.15) is 5.10 Å². The number of esters is 1. The smallest absolute Gasteiger partial charge is 0.330 e. The van der Waals surface area contributed by atoms with Gasteiger partial charge < -0.3 is 4.74 Å². The van der Waals surface area contributed by atoms with Crippen LogP contribution in [-0.2, 0) is 9.53 Å². The average molecular weight is 261 g/mol. The lowest BCUT2D eigenvalue weighted by Crippen LogP contribution is -2.21. The molecule has 0 N–H and O–H groups in total. The lowest BCUT2D eigenvalue weighted by Gasteiger charge is -2.13. The second-order valence-electron chi connectivity index (χ2n) is 2.81. The van der Waals surface area contributed by atoms with Gasteiger partial charge in [0, 0.05) is 6.20 Å². The third kappa shape index (κ3) is 2.57. The molecule has 1 heterocycles.